The summed E-state index contributed by atoms with van der Waals surface area (Å²) in [5.41, 5.74) is 3.60. The van der Waals surface area contributed by atoms with Gasteiger partial charge in [-0.05, 0) is 55.8 Å². The maximum atomic E-state index is 12.7. The van der Waals surface area contributed by atoms with E-state index < -0.39 is 0 Å². The Kier molecular flexibility index (Phi) is 6.18. The van der Waals surface area contributed by atoms with Gasteiger partial charge in [-0.25, -0.2) is 4.68 Å². The zero-order chi connectivity index (χ0) is 23.1. The molecule has 1 unspecified atom stereocenters. The van der Waals surface area contributed by atoms with Gasteiger partial charge in [-0.3, -0.25) is 4.79 Å². The van der Waals surface area contributed by atoms with Crippen LogP contribution < -0.4 is 10.2 Å². The Bertz CT molecular complexity index is 1180. The zero-order valence-electron chi connectivity index (χ0n) is 18.3. The van der Waals surface area contributed by atoms with E-state index in [-0.39, 0.29) is 30.6 Å². The van der Waals surface area contributed by atoms with Crippen molar-refractivity contribution in [2.24, 2.45) is 0 Å². The first-order chi connectivity index (χ1) is 16.0. The van der Waals surface area contributed by atoms with Gasteiger partial charge in [-0.15, -0.1) is 5.10 Å². The maximum Gasteiger partial charge on any atom is 0.240 e. The second-order valence-electron chi connectivity index (χ2n) is 8.66. The molecule has 33 heavy (non-hydrogen) atoms. The Morgan fingerprint density at radius 3 is 2.76 bits per heavy atom. The van der Waals surface area contributed by atoms with E-state index in [2.05, 4.69) is 26.6 Å². The molecule has 0 aliphatic carbocycles. The van der Waals surface area contributed by atoms with Crippen molar-refractivity contribution in [3.8, 4) is 0 Å². The van der Waals surface area contributed by atoms with Gasteiger partial charge in [0.2, 0.25) is 5.91 Å². The van der Waals surface area contributed by atoms with Crippen LogP contribution in [-0.2, 0) is 4.79 Å². The van der Waals surface area contributed by atoms with E-state index in [0.29, 0.717) is 29.7 Å². The third-order valence-electron chi connectivity index (χ3n) is 6.70. The summed E-state index contributed by atoms with van der Waals surface area (Å²) in [6, 6.07) is 11.0. The van der Waals surface area contributed by atoms with E-state index in [1.54, 1.807) is 6.07 Å². The number of piperazine rings is 1. The number of halogens is 2. The largest absolute Gasteiger partial charge is 0.394 e. The van der Waals surface area contributed by atoms with E-state index >= 15 is 0 Å². The summed E-state index contributed by atoms with van der Waals surface area (Å²) in [6.45, 7) is 4.68. The van der Waals surface area contributed by atoms with Crippen LogP contribution in [0.3, 0.4) is 0 Å². The van der Waals surface area contributed by atoms with Crippen molar-refractivity contribution in [2.75, 3.05) is 37.7 Å². The van der Waals surface area contributed by atoms with E-state index in [1.165, 1.54) is 0 Å². The molecule has 2 fully saturated rings. The molecule has 2 aromatic carbocycles. The fourth-order valence-corrected chi connectivity index (χ4v) is 5.18. The number of anilines is 1. The molecule has 1 aromatic heterocycles. The van der Waals surface area contributed by atoms with Gasteiger partial charge >= 0.3 is 0 Å². The molecule has 0 radical (unpaired) electrons. The van der Waals surface area contributed by atoms with Crippen LogP contribution in [0, 0.1) is 0 Å². The Morgan fingerprint density at radius 2 is 2.06 bits per heavy atom. The molecule has 0 bridgehead atoms. The van der Waals surface area contributed by atoms with Crippen LogP contribution in [0.2, 0.25) is 10.0 Å². The van der Waals surface area contributed by atoms with Crippen LogP contribution in [-0.4, -0.2) is 75.8 Å². The number of hydrogen-bond acceptors (Lipinski definition) is 6. The maximum absolute atomic E-state index is 12.7. The molecule has 3 heterocycles. The molecular formula is C23H26Cl2N6O2. The summed E-state index contributed by atoms with van der Waals surface area (Å²) < 4.78 is 1.86. The van der Waals surface area contributed by atoms with Crippen molar-refractivity contribution < 1.29 is 9.90 Å². The minimum atomic E-state index is -0.237. The average Bonchev–Trinajstić information content (AvgIpc) is 3.20. The molecule has 0 spiro atoms. The normalized spacial score (nSPS) is 21.8. The van der Waals surface area contributed by atoms with E-state index in [4.69, 9.17) is 23.2 Å². The minimum absolute atomic E-state index is 0.0667. The standard InChI is InChI=1S/C23H26Cl2N6O2/c1-14(18-4-2-15(24)10-19(18)25)31-22-11-16(3-5-20(22)27-28-31)29-8-9-30(17(12-29)13-32)23(33)21-6-7-26-21/h2-5,10-11,14,17,21,26,32H,6-9,12-13H2,1H3/t14?,17-,21+/m0/s1. The second-order valence-corrected chi connectivity index (χ2v) is 9.50. The van der Waals surface area contributed by atoms with Crippen LogP contribution in [0.5, 0.6) is 0 Å². The molecular weight excluding hydrogens is 463 g/mol. The molecule has 0 saturated carbocycles. The number of nitrogens with one attached hydrogen (secondary N) is 1. The number of benzene rings is 2. The molecule has 1 amide bonds. The van der Waals surface area contributed by atoms with Crippen molar-refractivity contribution in [1.29, 1.82) is 0 Å². The smallest absolute Gasteiger partial charge is 0.240 e. The molecule has 2 aliphatic rings. The number of rotatable bonds is 5. The number of carbonyl (C=O) groups is 1. The Morgan fingerprint density at radius 1 is 1.24 bits per heavy atom. The highest BCUT2D eigenvalue weighted by molar-refractivity contribution is 6.35. The highest BCUT2D eigenvalue weighted by Crippen LogP contribution is 2.31. The molecule has 3 atom stereocenters. The summed E-state index contributed by atoms with van der Waals surface area (Å²) in [7, 11) is 0. The first kappa shape index (κ1) is 22.4. The number of hydrogen-bond donors (Lipinski definition) is 2. The molecule has 174 valence electrons. The lowest BCUT2D eigenvalue weighted by Gasteiger charge is -2.44. The van der Waals surface area contributed by atoms with E-state index in [1.807, 2.05) is 40.8 Å². The Hall–Kier alpha value is -2.39. The van der Waals surface area contributed by atoms with Crippen molar-refractivity contribution in [3.63, 3.8) is 0 Å². The minimum Gasteiger partial charge on any atom is -0.394 e. The van der Waals surface area contributed by atoms with Crippen molar-refractivity contribution >= 4 is 45.8 Å². The van der Waals surface area contributed by atoms with Crippen LogP contribution in [0.1, 0.15) is 24.9 Å². The third kappa shape index (κ3) is 4.17. The molecule has 3 aromatic rings. The SMILES string of the molecule is CC(c1ccc(Cl)cc1Cl)n1nnc2ccc(N3CCN(C(=O)[C@H]4CCN4)[C@H](CO)C3)cc21. The predicted octanol–water partition coefficient (Wildman–Crippen LogP) is 2.72. The number of nitrogens with zero attached hydrogens (tertiary/aromatic N) is 5. The molecule has 5 rings (SSSR count). The van der Waals surface area contributed by atoms with Gasteiger partial charge in [0.1, 0.15) is 5.52 Å². The first-order valence-corrected chi connectivity index (χ1v) is 11.9. The van der Waals surface area contributed by atoms with E-state index in [0.717, 1.165) is 35.2 Å². The van der Waals surface area contributed by atoms with Gasteiger partial charge in [0.25, 0.3) is 0 Å². The molecule has 2 saturated heterocycles. The second kappa shape index (κ2) is 9.10. The molecule has 8 nitrogen and oxygen atoms in total. The monoisotopic (exact) mass is 488 g/mol. The lowest BCUT2D eigenvalue weighted by Crippen LogP contribution is -2.63. The molecule has 10 heteroatoms. The average molecular weight is 489 g/mol. The van der Waals surface area contributed by atoms with Gasteiger partial charge in [-0.1, -0.05) is 34.5 Å². The first-order valence-electron chi connectivity index (χ1n) is 11.2. The van der Waals surface area contributed by atoms with Gasteiger partial charge in [0.15, 0.2) is 0 Å². The van der Waals surface area contributed by atoms with Crippen molar-refractivity contribution in [1.82, 2.24) is 25.2 Å². The van der Waals surface area contributed by atoms with Gasteiger partial charge in [-0.2, -0.15) is 0 Å². The summed E-state index contributed by atoms with van der Waals surface area (Å²) in [5.74, 6) is 0.0892. The van der Waals surface area contributed by atoms with Crippen LogP contribution in [0.4, 0.5) is 5.69 Å². The number of aromatic nitrogens is 3. The summed E-state index contributed by atoms with van der Waals surface area (Å²) >= 11 is 12.5. The summed E-state index contributed by atoms with van der Waals surface area (Å²) in [6.07, 6.45) is 0.862. The van der Waals surface area contributed by atoms with Crippen molar-refractivity contribution in [2.45, 2.75) is 31.5 Å². The number of amides is 1. The van der Waals surface area contributed by atoms with E-state index in [9.17, 15) is 9.90 Å². The Balaban J connectivity index is 1.40. The lowest BCUT2D eigenvalue weighted by molar-refractivity contribution is -0.139. The summed E-state index contributed by atoms with van der Waals surface area (Å²) in [4.78, 5) is 16.8. The number of fused-ring (bicyclic) bond motifs is 1. The van der Waals surface area contributed by atoms with Crippen molar-refractivity contribution in [3.05, 3.63) is 52.0 Å². The third-order valence-corrected chi connectivity index (χ3v) is 7.26. The van der Waals surface area contributed by atoms with Crippen LogP contribution >= 0.6 is 23.2 Å². The fraction of sp³-hybridized carbons (Fsp3) is 0.435. The Labute approximate surface area is 202 Å². The topological polar surface area (TPSA) is 86.5 Å². The van der Waals surface area contributed by atoms with Gasteiger partial charge in [0.05, 0.1) is 30.2 Å². The van der Waals surface area contributed by atoms with Gasteiger partial charge < -0.3 is 20.2 Å². The zero-order valence-corrected chi connectivity index (χ0v) is 19.8. The number of aliphatic hydroxyl groups is 1. The predicted molar refractivity (Wildman–Crippen MR) is 129 cm³/mol. The molecule has 2 aliphatic heterocycles. The summed E-state index contributed by atoms with van der Waals surface area (Å²) in [5, 5.41) is 23.0. The fourth-order valence-electron chi connectivity index (χ4n) is 4.62. The van der Waals surface area contributed by atoms with Crippen LogP contribution in [0.25, 0.3) is 11.0 Å². The van der Waals surface area contributed by atoms with Gasteiger partial charge in [0, 0.05) is 35.4 Å². The highest BCUT2D eigenvalue weighted by atomic mass is 35.5. The number of carbonyl (C=O) groups excluding carboxylic acids is 1. The highest BCUT2D eigenvalue weighted by Gasteiger charge is 2.36. The quantitative estimate of drug-likeness (QED) is 0.574. The lowest BCUT2D eigenvalue weighted by atomic mass is 10.0. The molecule has 2 N–H and O–H groups in total. The number of aliphatic hydroxyl groups excluding tert-OH is 1. The van der Waals surface area contributed by atoms with Crippen LogP contribution in [0.15, 0.2) is 36.4 Å².